The Bertz CT molecular complexity index is 818. The Balaban J connectivity index is 1.49. The number of rotatable bonds is 5. The summed E-state index contributed by atoms with van der Waals surface area (Å²) in [6.45, 7) is 0. The zero-order valence-electron chi connectivity index (χ0n) is 13.0. The van der Waals surface area contributed by atoms with Crippen molar-refractivity contribution in [3.8, 4) is 17.7 Å². The number of ether oxygens (including phenoxy) is 1. The number of amides is 1. The molecule has 2 aromatic rings. The summed E-state index contributed by atoms with van der Waals surface area (Å²) in [5.41, 5.74) is 0.913. The Labute approximate surface area is 139 Å². The van der Waals surface area contributed by atoms with Crippen molar-refractivity contribution in [3.05, 3.63) is 47.4 Å². The van der Waals surface area contributed by atoms with Crippen LogP contribution in [0, 0.1) is 11.3 Å². The minimum absolute atomic E-state index is 0.0612. The van der Waals surface area contributed by atoms with E-state index in [1.165, 1.54) is 6.07 Å². The zero-order valence-corrected chi connectivity index (χ0v) is 13.0. The van der Waals surface area contributed by atoms with Gasteiger partial charge in [-0.2, -0.15) is 10.2 Å². The summed E-state index contributed by atoms with van der Waals surface area (Å²) in [6, 6.07) is 10.8. The van der Waals surface area contributed by atoms with Gasteiger partial charge in [-0.25, -0.2) is 4.98 Å². The van der Waals surface area contributed by atoms with Crippen molar-refractivity contribution in [1.82, 2.24) is 15.3 Å². The zero-order chi connectivity index (χ0) is 16.5. The summed E-state index contributed by atoms with van der Waals surface area (Å²) in [5.74, 6) is 1.88. The summed E-state index contributed by atoms with van der Waals surface area (Å²) >= 11 is 0. The lowest BCUT2D eigenvalue weighted by Crippen LogP contribution is -2.25. The van der Waals surface area contributed by atoms with Crippen molar-refractivity contribution < 1.29 is 9.53 Å². The Kier molecular flexibility index (Phi) is 3.62. The third-order valence-electron chi connectivity index (χ3n) is 4.03. The molecular formula is C18H16N4O2. The van der Waals surface area contributed by atoms with Gasteiger partial charge in [-0.1, -0.05) is 0 Å². The molecular weight excluding hydrogens is 304 g/mol. The minimum Gasteiger partial charge on any atom is -0.439 e. The lowest BCUT2D eigenvalue weighted by Gasteiger charge is -2.08. The van der Waals surface area contributed by atoms with Crippen molar-refractivity contribution in [2.45, 2.75) is 37.6 Å². The lowest BCUT2D eigenvalue weighted by atomic mass is 10.2. The maximum Gasteiger partial charge on any atom is 0.251 e. The van der Waals surface area contributed by atoms with E-state index in [0.29, 0.717) is 40.7 Å². The van der Waals surface area contributed by atoms with Crippen LogP contribution in [0.25, 0.3) is 0 Å². The Morgan fingerprint density at radius 3 is 2.54 bits per heavy atom. The maximum atomic E-state index is 12.0. The van der Waals surface area contributed by atoms with Crippen LogP contribution in [-0.4, -0.2) is 21.9 Å². The molecule has 6 nitrogen and oxygen atoms in total. The second-order valence-electron chi connectivity index (χ2n) is 6.21. The number of hydrogen-bond acceptors (Lipinski definition) is 5. The van der Waals surface area contributed by atoms with Crippen LogP contribution in [0.3, 0.4) is 0 Å². The average molecular weight is 320 g/mol. The van der Waals surface area contributed by atoms with E-state index in [1.807, 2.05) is 6.07 Å². The van der Waals surface area contributed by atoms with E-state index in [9.17, 15) is 4.79 Å². The summed E-state index contributed by atoms with van der Waals surface area (Å²) in [4.78, 5) is 20.6. The minimum atomic E-state index is -0.0612. The topological polar surface area (TPSA) is 87.9 Å². The van der Waals surface area contributed by atoms with Crippen LogP contribution in [0.2, 0.25) is 0 Å². The fourth-order valence-corrected chi connectivity index (χ4v) is 2.37. The standard InChI is InChI=1S/C18H16N4O2/c19-10-14-9-16(22-17(20-14)11-1-2-11)24-15-7-3-12(4-8-15)18(23)21-13-5-6-13/h3-4,7-9,11,13H,1-2,5-6H2,(H,21,23). The van der Waals surface area contributed by atoms with Crippen LogP contribution in [0.1, 0.15) is 53.5 Å². The number of aromatic nitrogens is 2. The fraction of sp³-hybridized carbons (Fsp3) is 0.333. The van der Waals surface area contributed by atoms with Gasteiger partial charge < -0.3 is 10.1 Å². The second-order valence-corrected chi connectivity index (χ2v) is 6.21. The predicted molar refractivity (Wildman–Crippen MR) is 85.7 cm³/mol. The van der Waals surface area contributed by atoms with Crippen LogP contribution in [0.15, 0.2) is 30.3 Å². The monoisotopic (exact) mass is 320 g/mol. The lowest BCUT2D eigenvalue weighted by molar-refractivity contribution is 0.0951. The molecule has 4 rings (SSSR count). The highest BCUT2D eigenvalue weighted by atomic mass is 16.5. The molecule has 24 heavy (non-hydrogen) atoms. The second kappa shape index (κ2) is 5.93. The Morgan fingerprint density at radius 1 is 1.17 bits per heavy atom. The van der Waals surface area contributed by atoms with Crippen molar-refractivity contribution >= 4 is 5.91 Å². The van der Waals surface area contributed by atoms with Gasteiger partial charge in [0.2, 0.25) is 5.88 Å². The largest absolute Gasteiger partial charge is 0.439 e. The number of benzene rings is 1. The number of nitriles is 1. The van der Waals surface area contributed by atoms with Crippen molar-refractivity contribution in [2.75, 3.05) is 0 Å². The smallest absolute Gasteiger partial charge is 0.251 e. The molecule has 0 radical (unpaired) electrons. The van der Waals surface area contributed by atoms with Crippen molar-refractivity contribution in [1.29, 1.82) is 5.26 Å². The molecule has 2 saturated carbocycles. The number of hydrogen-bond donors (Lipinski definition) is 1. The first-order valence-corrected chi connectivity index (χ1v) is 8.09. The summed E-state index contributed by atoms with van der Waals surface area (Å²) < 4.78 is 5.73. The molecule has 1 amide bonds. The van der Waals surface area contributed by atoms with Gasteiger partial charge in [0.1, 0.15) is 23.3 Å². The van der Waals surface area contributed by atoms with E-state index >= 15 is 0 Å². The molecule has 2 aliphatic carbocycles. The first-order valence-electron chi connectivity index (χ1n) is 8.09. The molecule has 0 unspecified atom stereocenters. The van der Waals surface area contributed by atoms with Crippen molar-refractivity contribution in [2.24, 2.45) is 0 Å². The first kappa shape index (κ1) is 14.6. The van der Waals surface area contributed by atoms with E-state index in [2.05, 4.69) is 15.3 Å². The molecule has 1 aromatic heterocycles. The van der Waals surface area contributed by atoms with Crippen LogP contribution in [-0.2, 0) is 0 Å². The van der Waals surface area contributed by atoms with Gasteiger partial charge in [0.15, 0.2) is 0 Å². The van der Waals surface area contributed by atoms with E-state index in [4.69, 9.17) is 10.00 Å². The molecule has 1 N–H and O–H groups in total. The summed E-state index contributed by atoms with van der Waals surface area (Å²) in [7, 11) is 0. The van der Waals surface area contributed by atoms with E-state index in [-0.39, 0.29) is 5.91 Å². The number of carbonyl (C=O) groups is 1. The molecule has 6 heteroatoms. The van der Waals surface area contributed by atoms with Gasteiger partial charge in [0, 0.05) is 23.6 Å². The highest BCUT2D eigenvalue weighted by molar-refractivity contribution is 5.94. The summed E-state index contributed by atoms with van der Waals surface area (Å²) in [5, 5.41) is 12.0. The number of nitrogens with one attached hydrogen (secondary N) is 1. The Morgan fingerprint density at radius 2 is 1.92 bits per heavy atom. The summed E-state index contributed by atoms with van der Waals surface area (Å²) in [6.07, 6.45) is 4.23. The Hall–Kier alpha value is -2.94. The van der Waals surface area contributed by atoms with Gasteiger partial charge in [-0.3, -0.25) is 4.79 Å². The van der Waals surface area contributed by atoms with Gasteiger partial charge in [0.05, 0.1) is 0 Å². The highest BCUT2D eigenvalue weighted by Crippen LogP contribution is 2.38. The molecule has 2 aliphatic rings. The molecule has 1 aromatic carbocycles. The van der Waals surface area contributed by atoms with Crippen molar-refractivity contribution in [3.63, 3.8) is 0 Å². The molecule has 120 valence electrons. The third kappa shape index (κ3) is 3.35. The number of carbonyl (C=O) groups excluding carboxylic acids is 1. The number of nitrogens with zero attached hydrogens (tertiary/aromatic N) is 3. The SMILES string of the molecule is N#Cc1cc(Oc2ccc(C(=O)NC3CC3)cc2)nc(C2CC2)n1. The predicted octanol–water partition coefficient (Wildman–Crippen LogP) is 2.91. The molecule has 2 fully saturated rings. The quantitative estimate of drug-likeness (QED) is 0.915. The molecule has 0 bridgehead atoms. The molecule has 0 atom stereocenters. The third-order valence-corrected chi connectivity index (χ3v) is 4.03. The maximum absolute atomic E-state index is 12.0. The molecule has 0 saturated heterocycles. The van der Waals surface area contributed by atoms with E-state index in [0.717, 1.165) is 25.7 Å². The fourth-order valence-electron chi connectivity index (χ4n) is 2.37. The van der Waals surface area contributed by atoms with E-state index < -0.39 is 0 Å². The van der Waals surface area contributed by atoms with Gasteiger partial charge in [-0.05, 0) is 49.9 Å². The van der Waals surface area contributed by atoms with Crippen LogP contribution < -0.4 is 10.1 Å². The molecule has 0 spiro atoms. The van der Waals surface area contributed by atoms with Crippen LogP contribution >= 0.6 is 0 Å². The van der Waals surface area contributed by atoms with E-state index in [1.54, 1.807) is 24.3 Å². The van der Waals surface area contributed by atoms with Crippen LogP contribution in [0.4, 0.5) is 0 Å². The molecule has 1 heterocycles. The van der Waals surface area contributed by atoms with Crippen LogP contribution in [0.5, 0.6) is 11.6 Å². The first-order chi connectivity index (χ1) is 11.7. The highest BCUT2D eigenvalue weighted by Gasteiger charge is 2.27. The van der Waals surface area contributed by atoms with Gasteiger partial charge in [-0.15, -0.1) is 0 Å². The van der Waals surface area contributed by atoms with Gasteiger partial charge >= 0.3 is 0 Å². The van der Waals surface area contributed by atoms with Gasteiger partial charge in [0.25, 0.3) is 5.91 Å². The average Bonchev–Trinajstić information content (AvgIpc) is 3.48. The molecule has 0 aliphatic heterocycles. The normalized spacial score (nSPS) is 16.3.